The third-order valence-electron chi connectivity index (χ3n) is 4.03. The van der Waals surface area contributed by atoms with E-state index in [9.17, 15) is 9.59 Å². The number of anilines is 1. The number of carbonyl (C=O) groups is 2. The molecule has 0 unspecified atom stereocenters. The maximum atomic E-state index is 12.4. The molecule has 0 spiro atoms. The normalized spacial score (nSPS) is 14.3. The monoisotopic (exact) mass is 377 g/mol. The predicted molar refractivity (Wildman–Crippen MR) is 98.4 cm³/mol. The van der Waals surface area contributed by atoms with Gasteiger partial charge in [0.2, 0.25) is 0 Å². The highest BCUT2D eigenvalue weighted by molar-refractivity contribution is 6.35. The van der Waals surface area contributed by atoms with Crippen molar-refractivity contribution < 1.29 is 9.59 Å². The lowest BCUT2D eigenvalue weighted by atomic mass is 10.2. The second-order valence-corrected chi connectivity index (χ2v) is 6.85. The van der Waals surface area contributed by atoms with Crippen molar-refractivity contribution in [2.24, 2.45) is 0 Å². The van der Waals surface area contributed by atoms with Gasteiger partial charge < -0.3 is 10.6 Å². The lowest BCUT2D eigenvalue weighted by Crippen LogP contribution is -2.33. The van der Waals surface area contributed by atoms with E-state index in [1.54, 1.807) is 36.4 Å². The van der Waals surface area contributed by atoms with Crippen LogP contribution in [0.3, 0.4) is 0 Å². The Hall–Kier alpha value is -2.11. The Balaban J connectivity index is 1.71. The summed E-state index contributed by atoms with van der Waals surface area (Å²) in [4.78, 5) is 28.8. The summed E-state index contributed by atoms with van der Waals surface area (Å²) in [6.07, 6.45) is 4.23. The lowest BCUT2D eigenvalue weighted by Gasteiger charge is -2.12. The van der Waals surface area contributed by atoms with Crippen LogP contribution in [0, 0.1) is 0 Å². The summed E-state index contributed by atoms with van der Waals surface area (Å²) in [5.74, 6) is -0.693. The van der Waals surface area contributed by atoms with E-state index in [1.807, 2.05) is 0 Å². The van der Waals surface area contributed by atoms with Gasteiger partial charge in [0.1, 0.15) is 11.4 Å². The number of nitrogens with one attached hydrogen (secondary N) is 2. The molecule has 1 heterocycles. The average molecular weight is 378 g/mol. The summed E-state index contributed by atoms with van der Waals surface area (Å²) < 4.78 is 0. The average Bonchev–Trinajstić information content (AvgIpc) is 3.07. The molecule has 130 valence electrons. The molecule has 2 N–H and O–H groups in total. The first-order valence-corrected chi connectivity index (χ1v) is 8.82. The van der Waals surface area contributed by atoms with Gasteiger partial charge in [-0.1, -0.05) is 42.1 Å². The number of halogens is 2. The Morgan fingerprint density at radius 3 is 2.20 bits per heavy atom. The molecule has 7 heteroatoms. The van der Waals surface area contributed by atoms with E-state index >= 15 is 0 Å². The van der Waals surface area contributed by atoms with Gasteiger partial charge in [-0.3, -0.25) is 9.59 Å². The minimum absolute atomic E-state index is 0.148. The van der Waals surface area contributed by atoms with Crippen LogP contribution in [0.25, 0.3) is 0 Å². The molecule has 0 bridgehead atoms. The van der Waals surface area contributed by atoms with Gasteiger partial charge in [-0.15, -0.1) is 0 Å². The van der Waals surface area contributed by atoms with Gasteiger partial charge in [-0.2, -0.15) is 0 Å². The number of hydrogen-bond donors (Lipinski definition) is 2. The van der Waals surface area contributed by atoms with Crippen LogP contribution in [0.4, 0.5) is 5.69 Å². The Kier molecular flexibility index (Phi) is 5.56. The van der Waals surface area contributed by atoms with Crippen molar-refractivity contribution in [2.75, 3.05) is 5.32 Å². The van der Waals surface area contributed by atoms with E-state index in [-0.39, 0.29) is 23.3 Å². The maximum Gasteiger partial charge on any atom is 0.274 e. The molecular formula is C18H17Cl2N3O2. The summed E-state index contributed by atoms with van der Waals surface area (Å²) >= 11 is 11.8. The molecule has 0 atom stereocenters. The van der Waals surface area contributed by atoms with Crippen LogP contribution in [0.15, 0.2) is 36.4 Å². The molecule has 25 heavy (non-hydrogen) atoms. The number of carbonyl (C=O) groups excluding carboxylic acids is 2. The maximum absolute atomic E-state index is 12.4. The van der Waals surface area contributed by atoms with Crippen molar-refractivity contribution in [3.05, 3.63) is 57.8 Å². The number of benzene rings is 1. The van der Waals surface area contributed by atoms with Gasteiger partial charge in [0.25, 0.3) is 11.8 Å². The molecule has 0 saturated heterocycles. The minimum Gasteiger partial charge on any atom is -0.348 e. The van der Waals surface area contributed by atoms with E-state index < -0.39 is 5.91 Å². The topological polar surface area (TPSA) is 71.1 Å². The summed E-state index contributed by atoms with van der Waals surface area (Å²) in [5.41, 5.74) is 0.837. The SMILES string of the molecule is O=C(Nc1cc(Cl)cc(Cl)c1)c1cccc(C(=O)NC2CCCC2)n1. The van der Waals surface area contributed by atoms with Crippen LogP contribution >= 0.6 is 23.2 Å². The molecule has 2 aromatic rings. The smallest absolute Gasteiger partial charge is 0.274 e. The number of nitrogens with zero attached hydrogens (tertiary/aromatic N) is 1. The van der Waals surface area contributed by atoms with Gasteiger partial charge in [-0.25, -0.2) is 4.98 Å². The number of hydrogen-bond acceptors (Lipinski definition) is 3. The summed E-state index contributed by atoms with van der Waals surface area (Å²) in [7, 11) is 0. The molecule has 0 radical (unpaired) electrons. The second-order valence-electron chi connectivity index (χ2n) is 5.98. The number of pyridine rings is 1. The first-order valence-electron chi connectivity index (χ1n) is 8.06. The van der Waals surface area contributed by atoms with E-state index in [4.69, 9.17) is 23.2 Å². The summed E-state index contributed by atoms with van der Waals surface area (Å²) in [5, 5.41) is 6.47. The van der Waals surface area contributed by atoms with Gasteiger partial charge in [0.15, 0.2) is 0 Å². The molecule has 1 aromatic heterocycles. The van der Waals surface area contributed by atoms with E-state index in [1.165, 1.54) is 0 Å². The molecule has 3 rings (SSSR count). The van der Waals surface area contributed by atoms with E-state index in [2.05, 4.69) is 15.6 Å². The van der Waals surface area contributed by atoms with E-state index in [0.29, 0.717) is 15.7 Å². The van der Waals surface area contributed by atoms with Crippen molar-refractivity contribution in [2.45, 2.75) is 31.7 Å². The van der Waals surface area contributed by atoms with Crippen LogP contribution in [0.5, 0.6) is 0 Å². The Bertz CT molecular complexity index is 784. The Morgan fingerprint density at radius 2 is 1.56 bits per heavy atom. The minimum atomic E-state index is -0.436. The highest BCUT2D eigenvalue weighted by Gasteiger charge is 2.19. The standard InChI is InChI=1S/C18H17Cl2N3O2/c19-11-8-12(20)10-14(9-11)22-18(25)16-7-3-6-15(23-16)17(24)21-13-4-1-2-5-13/h3,6-10,13H,1-2,4-5H2,(H,21,24)(H,22,25). The van der Waals surface area contributed by atoms with Crippen LogP contribution in [-0.2, 0) is 0 Å². The summed E-state index contributed by atoms with van der Waals surface area (Å²) in [6, 6.07) is 9.72. The van der Waals surface area contributed by atoms with Crippen molar-refractivity contribution in [1.82, 2.24) is 10.3 Å². The van der Waals surface area contributed by atoms with Crippen molar-refractivity contribution in [3.63, 3.8) is 0 Å². The zero-order valence-corrected chi connectivity index (χ0v) is 14.9. The Labute approximate surface area is 155 Å². The van der Waals surface area contributed by atoms with Crippen molar-refractivity contribution >= 4 is 40.7 Å². The fourth-order valence-corrected chi connectivity index (χ4v) is 3.36. The first kappa shape index (κ1) is 17.7. The fraction of sp³-hybridized carbons (Fsp3) is 0.278. The van der Waals surface area contributed by atoms with E-state index in [0.717, 1.165) is 25.7 Å². The number of amides is 2. The molecule has 5 nitrogen and oxygen atoms in total. The van der Waals surface area contributed by atoms with Gasteiger partial charge in [0.05, 0.1) is 0 Å². The first-order chi connectivity index (χ1) is 12.0. The van der Waals surface area contributed by atoms with Crippen molar-refractivity contribution in [1.29, 1.82) is 0 Å². The quantitative estimate of drug-likeness (QED) is 0.833. The van der Waals surface area contributed by atoms with Gasteiger partial charge in [0, 0.05) is 21.8 Å². The third kappa shape index (κ3) is 4.71. The largest absolute Gasteiger partial charge is 0.348 e. The molecular weight excluding hydrogens is 361 g/mol. The lowest BCUT2D eigenvalue weighted by molar-refractivity contribution is 0.0932. The molecule has 0 aliphatic heterocycles. The van der Waals surface area contributed by atoms with Crippen LogP contribution in [-0.4, -0.2) is 22.8 Å². The zero-order chi connectivity index (χ0) is 17.8. The molecule has 1 aliphatic rings. The molecule has 1 aliphatic carbocycles. The third-order valence-corrected chi connectivity index (χ3v) is 4.46. The molecule has 1 fully saturated rings. The van der Waals surface area contributed by atoms with Crippen LogP contribution in [0.2, 0.25) is 10.0 Å². The van der Waals surface area contributed by atoms with Gasteiger partial charge >= 0.3 is 0 Å². The predicted octanol–water partition coefficient (Wildman–Crippen LogP) is 4.31. The molecule has 1 aromatic carbocycles. The fourth-order valence-electron chi connectivity index (χ4n) is 2.84. The number of aromatic nitrogens is 1. The van der Waals surface area contributed by atoms with Crippen molar-refractivity contribution in [3.8, 4) is 0 Å². The zero-order valence-electron chi connectivity index (χ0n) is 13.4. The second kappa shape index (κ2) is 7.85. The molecule has 1 saturated carbocycles. The molecule has 2 amide bonds. The summed E-state index contributed by atoms with van der Waals surface area (Å²) in [6.45, 7) is 0. The van der Waals surface area contributed by atoms with Crippen LogP contribution in [0.1, 0.15) is 46.7 Å². The number of rotatable bonds is 4. The van der Waals surface area contributed by atoms with Gasteiger partial charge in [-0.05, 0) is 43.2 Å². The highest BCUT2D eigenvalue weighted by atomic mass is 35.5. The Morgan fingerprint density at radius 1 is 0.960 bits per heavy atom. The highest BCUT2D eigenvalue weighted by Crippen LogP contribution is 2.23. The van der Waals surface area contributed by atoms with Crippen LogP contribution < -0.4 is 10.6 Å².